The van der Waals surface area contributed by atoms with Gasteiger partial charge in [-0.2, -0.15) is 0 Å². The summed E-state index contributed by atoms with van der Waals surface area (Å²) in [5, 5.41) is 22.2. The Bertz CT molecular complexity index is 469. The van der Waals surface area contributed by atoms with Crippen LogP contribution in [-0.2, 0) is 10.3 Å². The molecule has 1 unspecified atom stereocenters. The minimum absolute atomic E-state index is 0.0757. The molecule has 0 fully saturated rings. The highest BCUT2D eigenvalue weighted by atomic mass is 16.4. The van der Waals surface area contributed by atoms with Crippen molar-refractivity contribution >= 4 is 17.8 Å². The Balaban J connectivity index is 2.69. The van der Waals surface area contributed by atoms with Gasteiger partial charge in [0.2, 0.25) is 5.91 Å². The molecule has 1 aromatic heterocycles. The van der Waals surface area contributed by atoms with Crippen LogP contribution in [0.4, 0.5) is 10.6 Å². The first-order valence-corrected chi connectivity index (χ1v) is 5.72. The van der Waals surface area contributed by atoms with Crippen LogP contribution in [-0.4, -0.2) is 44.4 Å². The minimum atomic E-state index is -1.27. The van der Waals surface area contributed by atoms with Gasteiger partial charge in [0.15, 0.2) is 5.82 Å². The van der Waals surface area contributed by atoms with Crippen molar-refractivity contribution in [3.63, 3.8) is 0 Å². The summed E-state index contributed by atoms with van der Waals surface area (Å²) in [7, 11) is 0. The van der Waals surface area contributed by atoms with E-state index in [9.17, 15) is 14.7 Å². The highest BCUT2D eigenvalue weighted by molar-refractivity contribution is 5.95. The zero-order valence-corrected chi connectivity index (χ0v) is 11.0. The van der Waals surface area contributed by atoms with Crippen LogP contribution < -0.4 is 10.6 Å². The van der Waals surface area contributed by atoms with Gasteiger partial charge in [-0.1, -0.05) is 0 Å². The van der Waals surface area contributed by atoms with Crippen molar-refractivity contribution in [1.29, 1.82) is 0 Å². The normalized spacial score (nSPS) is 12.8. The molecule has 0 aliphatic heterocycles. The third-order valence-corrected chi connectivity index (χ3v) is 2.65. The fourth-order valence-corrected chi connectivity index (χ4v) is 1.29. The lowest BCUT2D eigenvalue weighted by atomic mass is 10.1. The number of carboxylic acid groups (broad SMARTS) is 1. The van der Waals surface area contributed by atoms with Gasteiger partial charge in [-0.25, -0.2) is 9.78 Å². The SMILES string of the molecule is CC(NC(=O)O)C(=O)Nc1cn(C(C)(C)CO)cn1. The lowest BCUT2D eigenvalue weighted by Crippen LogP contribution is -2.40. The summed E-state index contributed by atoms with van der Waals surface area (Å²) < 4.78 is 1.66. The van der Waals surface area contributed by atoms with Gasteiger partial charge in [-0.15, -0.1) is 0 Å². The summed E-state index contributed by atoms with van der Waals surface area (Å²) in [5.41, 5.74) is -0.527. The molecule has 0 aliphatic carbocycles. The highest BCUT2D eigenvalue weighted by Gasteiger charge is 2.20. The Labute approximate surface area is 110 Å². The zero-order chi connectivity index (χ0) is 14.6. The van der Waals surface area contributed by atoms with Crippen LogP contribution in [0.15, 0.2) is 12.5 Å². The van der Waals surface area contributed by atoms with E-state index < -0.39 is 23.6 Å². The lowest BCUT2D eigenvalue weighted by molar-refractivity contribution is -0.117. The van der Waals surface area contributed by atoms with Crippen molar-refractivity contribution < 1.29 is 19.8 Å². The van der Waals surface area contributed by atoms with Crippen molar-refractivity contribution in [2.45, 2.75) is 32.4 Å². The maximum Gasteiger partial charge on any atom is 0.405 e. The van der Waals surface area contributed by atoms with Gasteiger partial charge >= 0.3 is 6.09 Å². The van der Waals surface area contributed by atoms with Gasteiger partial charge in [0, 0.05) is 6.20 Å². The van der Waals surface area contributed by atoms with Gasteiger partial charge in [-0.05, 0) is 20.8 Å². The molecule has 1 heterocycles. The summed E-state index contributed by atoms with van der Waals surface area (Å²) in [6.45, 7) is 4.98. The zero-order valence-electron chi connectivity index (χ0n) is 11.0. The molecule has 0 spiro atoms. The molecule has 0 saturated carbocycles. The molecule has 8 nitrogen and oxygen atoms in total. The van der Waals surface area contributed by atoms with Gasteiger partial charge < -0.3 is 25.4 Å². The maximum absolute atomic E-state index is 11.6. The topological polar surface area (TPSA) is 116 Å². The average molecular weight is 270 g/mol. The molecule has 1 atom stereocenters. The lowest BCUT2D eigenvalue weighted by Gasteiger charge is -2.23. The van der Waals surface area contributed by atoms with Crippen LogP contribution in [0.5, 0.6) is 0 Å². The molecule has 0 aliphatic rings. The Morgan fingerprint density at radius 1 is 1.53 bits per heavy atom. The number of hydrogen-bond acceptors (Lipinski definition) is 4. The largest absolute Gasteiger partial charge is 0.465 e. The molecule has 1 aromatic rings. The smallest absolute Gasteiger partial charge is 0.405 e. The van der Waals surface area contributed by atoms with E-state index in [0.29, 0.717) is 5.82 Å². The summed E-state index contributed by atoms with van der Waals surface area (Å²) in [5.74, 6) is -0.208. The first kappa shape index (κ1) is 15.0. The van der Waals surface area contributed by atoms with E-state index in [1.54, 1.807) is 10.8 Å². The Kier molecular flexibility index (Phi) is 4.49. The van der Waals surface area contributed by atoms with E-state index in [-0.39, 0.29) is 6.61 Å². The number of nitrogens with one attached hydrogen (secondary N) is 2. The fraction of sp³-hybridized carbons (Fsp3) is 0.545. The van der Waals surface area contributed by atoms with E-state index >= 15 is 0 Å². The Hall–Kier alpha value is -2.09. The van der Waals surface area contributed by atoms with Gasteiger partial charge in [0.05, 0.1) is 18.5 Å². The van der Waals surface area contributed by atoms with Gasteiger partial charge in [0.1, 0.15) is 6.04 Å². The number of amides is 2. The second-order valence-electron chi connectivity index (χ2n) is 4.80. The van der Waals surface area contributed by atoms with Crippen LogP contribution in [0.25, 0.3) is 0 Å². The monoisotopic (exact) mass is 270 g/mol. The molecule has 1 rings (SSSR count). The third kappa shape index (κ3) is 3.95. The number of aliphatic hydroxyl groups is 1. The predicted octanol–water partition coefficient (Wildman–Crippen LogP) is 0.205. The Morgan fingerprint density at radius 3 is 2.68 bits per heavy atom. The van der Waals surface area contributed by atoms with Crippen molar-refractivity contribution in [3.05, 3.63) is 12.5 Å². The molecule has 0 bridgehead atoms. The van der Waals surface area contributed by atoms with Crippen LogP contribution in [0, 0.1) is 0 Å². The number of rotatable bonds is 5. The van der Waals surface area contributed by atoms with Crippen LogP contribution in [0.2, 0.25) is 0 Å². The van der Waals surface area contributed by atoms with Crippen molar-refractivity contribution in [1.82, 2.24) is 14.9 Å². The first-order chi connectivity index (χ1) is 8.76. The predicted molar refractivity (Wildman–Crippen MR) is 67.9 cm³/mol. The number of carbonyl (C=O) groups excluding carboxylic acids is 1. The van der Waals surface area contributed by atoms with Crippen LogP contribution in [0.1, 0.15) is 20.8 Å². The van der Waals surface area contributed by atoms with E-state index in [2.05, 4.69) is 10.3 Å². The number of imidazole rings is 1. The molecule has 106 valence electrons. The molecule has 4 N–H and O–H groups in total. The average Bonchev–Trinajstić information content (AvgIpc) is 2.77. The quantitative estimate of drug-likeness (QED) is 0.610. The van der Waals surface area contributed by atoms with E-state index in [4.69, 9.17) is 5.11 Å². The number of nitrogens with zero attached hydrogens (tertiary/aromatic N) is 2. The fourth-order valence-electron chi connectivity index (χ4n) is 1.29. The molecule has 0 aromatic carbocycles. The maximum atomic E-state index is 11.6. The number of hydrogen-bond donors (Lipinski definition) is 4. The molecular weight excluding hydrogens is 252 g/mol. The minimum Gasteiger partial charge on any atom is -0.465 e. The summed E-state index contributed by atoms with van der Waals surface area (Å²) in [6.07, 6.45) is 1.79. The highest BCUT2D eigenvalue weighted by Crippen LogP contribution is 2.16. The van der Waals surface area contributed by atoms with E-state index in [0.717, 1.165) is 0 Å². The van der Waals surface area contributed by atoms with Crippen LogP contribution >= 0.6 is 0 Å². The number of carbonyl (C=O) groups is 2. The summed E-state index contributed by atoms with van der Waals surface area (Å²) in [6, 6.07) is -0.881. The van der Waals surface area contributed by atoms with E-state index in [1.807, 2.05) is 19.2 Å². The second-order valence-corrected chi connectivity index (χ2v) is 4.80. The third-order valence-electron chi connectivity index (χ3n) is 2.65. The molecule has 2 amide bonds. The van der Waals surface area contributed by atoms with Crippen molar-refractivity contribution in [2.24, 2.45) is 0 Å². The first-order valence-electron chi connectivity index (χ1n) is 5.72. The number of aliphatic hydroxyl groups excluding tert-OH is 1. The molecular formula is C11H18N4O4. The standard InChI is InChI=1S/C11H18N4O4/c1-7(13-10(18)19)9(17)14-8-4-15(6-12-8)11(2,3)5-16/h4,6-7,13,16H,5H2,1-3H3,(H,14,17)(H,18,19). The number of anilines is 1. The Morgan fingerprint density at radius 2 is 2.16 bits per heavy atom. The van der Waals surface area contributed by atoms with Crippen LogP contribution in [0.3, 0.4) is 0 Å². The molecule has 0 radical (unpaired) electrons. The summed E-state index contributed by atoms with van der Waals surface area (Å²) >= 11 is 0. The van der Waals surface area contributed by atoms with Gasteiger partial charge in [0.25, 0.3) is 0 Å². The van der Waals surface area contributed by atoms with Crippen molar-refractivity contribution in [3.8, 4) is 0 Å². The van der Waals surface area contributed by atoms with Gasteiger partial charge in [-0.3, -0.25) is 4.79 Å². The van der Waals surface area contributed by atoms with E-state index in [1.165, 1.54) is 13.3 Å². The van der Waals surface area contributed by atoms with Crippen molar-refractivity contribution in [2.75, 3.05) is 11.9 Å². The molecule has 8 heteroatoms. The molecule has 19 heavy (non-hydrogen) atoms. The summed E-state index contributed by atoms with van der Waals surface area (Å²) in [4.78, 5) is 26.0. The molecule has 0 saturated heterocycles. The second kappa shape index (κ2) is 5.70. The number of aromatic nitrogens is 2.